The molecule has 0 bridgehead atoms. The van der Waals surface area contributed by atoms with Crippen molar-refractivity contribution in [2.45, 2.75) is 0 Å². The zero-order valence-electron chi connectivity index (χ0n) is 10.2. The first-order valence-electron chi connectivity index (χ1n) is 5.83. The molecule has 0 saturated carbocycles. The van der Waals surface area contributed by atoms with Crippen LogP contribution in [-0.4, -0.2) is 12.5 Å². The van der Waals surface area contributed by atoms with Crippen LogP contribution in [0.1, 0.15) is 15.9 Å². The highest BCUT2D eigenvalue weighted by molar-refractivity contribution is 6.30. The van der Waals surface area contributed by atoms with Gasteiger partial charge in [0.05, 0.1) is 6.54 Å². The van der Waals surface area contributed by atoms with Crippen molar-refractivity contribution in [3.05, 3.63) is 70.7 Å². The lowest BCUT2D eigenvalue weighted by molar-refractivity contribution is 0.0958. The van der Waals surface area contributed by atoms with Crippen molar-refractivity contribution >= 4 is 17.5 Å². The Hall–Kier alpha value is -2.24. The minimum atomic E-state index is -0.176. The van der Waals surface area contributed by atoms with Crippen molar-refractivity contribution in [2.24, 2.45) is 0 Å². The van der Waals surface area contributed by atoms with Gasteiger partial charge in [-0.05, 0) is 30.3 Å². The van der Waals surface area contributed by atoms with Crippen LogP contribution in [0.25, 0.3) is 0 Å². The third-order valence-corrected chi connectivity index (χ3v) is 2.67. The molecule has 0 heterocycles. The molecule has 0 aliphatic carbocycles. The smallest absolute Gasteiger partial charge is 0.252 e. The van der Waals surface area contributed by atoms with Crippen LogP contribution in [0.4, 0.5) is 0 Å². The normalized spacial score (nSPS) is 9.32. The fourth-order valence-electron chi connectivity index (χ4n) is 1.52. The molecule has 3 heteroatoms. The number of amides is 1. The summed E-state index contributed by atoms with van der Waals surface area (Å²) in [6.07, 6.45) is 0. The number of rotatable bonds is 2. The van der Waals surface area contributed by atoms with Crippen molar-refractivity contribution in [1.29, 1.82) is 0 Å². The summed E-state index contributed by atoms with van der Waals surface area (Å²) >= 11 is 5.82. The third kappa shape index (κ3) is 4.17. The zero-order valence-corrected chi connectivity index (χ0v) is 10.9. The van der Waals surface area contributed by atoms with Crippen LogP contribution in [0, 0.1) is 11.8 Å². The molecule has 0 aromatic heterocycles. The van der Waals surface area contributed by atoms with Gasteiger partial charge in [-0.15, -0.1) is 0 Å². The molecule has 0 atom stereocenters. The van der Waals surface area contributed by atoms with E-state index in [1.54, 1.807) is 24.3 Å². The van der Waals surface area contributed by atoms with Gasteiger partial charge in [0.2, 0.25) is 0 Å². The Morgan fingerprint density at radius 1 is 1.11 bits per heavy atom. The second-order valence-electron chi connectivity index (χ2n) is 3.86. The molecule has 2 nitrogen and oxygen atoms in total. The molecule has 0 aliphatic rings. The highest BCUT2D eigenvalue weighted by Crippen LogP contribution is 2.10. The Labute approximate surface area is 117 Å². The molecule has 1 N–H and O–H groups in total. The van der Waals surface area contributed by atoms with Crippen LogP contribution in [-0.2, 0) is 0 Å². The summed E-state index contributed by atoms with van der Waals surface area (Å²) in [6, 6.07) is 16.4. The number of carbonyl (C=O) groups is 1. The Morgan fingerprint density at radius 3 is 2.63 bits per heavy atom. The monoisotopic (exact) mass is 269 g/mol. The van der Waals surface area contributed by atoms with Gasteiger partial charge in [-0.1, -0.05) is 47.7 Å². The van der Waals surface area contributed by atoms with Gasteiger partial charge in [0.1, 0.15) is 0 Å². The molecule has 0 saturated heterocycles. The maximum atomic E-state index is 11.8. The predicted molar refractivity (Wildman–Crippen MR) is 77.1 cm³/mol. The van der Waals surface area contributed by atoms with Crippen LogP contribution < -0.4 is 5.32 Å². The van der Waals surface area contributed by atoms with Crippen molar-refractivity contribution in [3.63, 3.8) is 0 Å². The minimum absolute atomic E-state index is 0.176. The summed E-state index contributed by atoms with van der Waals surface area (Å²) in [6.45, 7) is 0.306. The summed E-state index contributed by atoms with van der Waals surface area (Å²) in [4.78, 5) is 11.8. The van der Waals surface area contributed by atoms with Gasteiger partial charge in [-0.3, -0.25) is 4.79 Å². The minimum Gasteiger partial charge on any atom is -0.341 e. The molecule has 94 valence electrons. The van der Waals surface area contributed by atoms with E-state index in [0.717, 1.165) is 5.56 Å². The Kier molecular flexibility index (Phi) is 4.60. The molecule has 0 unspecified atom stereocenters. The maximum Gasteiger partial charge on any atom is 0.252 e. The fourth-order valence-corrected chi connectivity index (χ4v) is 1.71. The maximum absolute atomic E-state index is 11.8. The van der Waals surface area contributed by atoms with E-state index in [1.165, 1.54) is 0 Å². The van der Waals surface area contributed by atoms with Crippen LogP contribution >= 0.6 is 11.6 Å². The lowest BCUT2D eigenvalue weighted by Crippen LogP contribution is -2.23. The highest BCUT2D eigenvalue weighted by atomic mass is 35.5. The standard InChI is InChI=1S/C16H12ClNO/c17-15-10-4-9-14(12-15)16(19)18-11-5-8-13-6-2-1-3-7-13/h1-4,6-7,9-10,12H,11H2,(H,18,19). The predicted octanol–water partition coefficient (Wildman–Crippen LogP) is 3.12. The van der Waals surface area contributed by atoms with Gasteiger partial charge < -0.3 is 5.32 Å². The van der Waals surface area contributed by atoms with Crippen LogP contribution in [0.3, 0.4) is 0 Å². The number of hydrogen-bond donors (Lipinski definition) is 1. The van der Waals surface area contributed by atoms with Crippen molar-refractivity contribution in [1.82, 2.24) is 5.32 Å². The largest absolute Gasteiger partial charge is 0.341 e. The highest BCUT2D eigenvalue weighted by Gasteiger charge is 2.03. The summed E-state index contributed by atoms with van der Waals surface area (Å²) in [5.41, 5.74) is 1.47. The van der Waals surface area contributed by atoms with Gasteiger partial charge in [-0.25, -0.2) is 0 Å². The molecule has 2 aromatic carbocycles. The van der Waals surface area contributed by atoms with E-state index in [4.69, 9.17) is 11.6 Å². The lowest BCUT2D eigenvalue weighted by Gasteiger charge is -2.01. The molecule has 19 heavy (non-hydrogen) atoms. The summed E-state index contributed by atoms with van der Waals surface area (Å²) in [5.74, 6) is 5.70. The lowest BCUT2D eigenvalue weighted by atomic mass is 10.2. The summed E-state index contributed by atoms with van der Waals surface area (Å²) < 4.78 is 0. The zero-order chi connectivity index (χ0) is 13.5. The van der Waals surface area contributed by atoms with E-state index in [0.29, 0.717) is 17.1 Å². The second-order valence-corrected chi connectivity index (χ2v) is 4.30. The van der Waals surface area contributed by atoms with Gasteiger partial charge in [0, 0.05) is 16.1 Å². The average Bonchev–Trinajstić information content (AvgIpc) is 2.44. The first-order chi connectivity index (χ1) is 9.25. The Balaban J connectivity index is 1.90. The number of carbonyl (C=O) groups excluding carboxylic acids is 1. The molecular formula is C16H12ClNO. The molecule has 0 spiro atoms. The van der Waals surface area contributed by atoms with Gasteiger partial charge >= 0.3 is 0 Å². The van der Waals surface area contributed by atoms with Gasteiger partial charge in [0.15, 0.2) is 0 Å². The first-order valence-corrected chi connectivity index (χ1v) is 6.21. The Bertz CT molecular complexity index is 626. The summed E-state index contributed by atoms with van der Waals surface area (Å²) in [7, 11) is 0. The third-order valence-electron chi connectivity index (χ3n) is 2.43. The number of hydrogen-bond acceptors (Lipinski definition) is 1. The molecule has 0 aliphatic heterocycles. The van der Waals surface area contributed by atoms with Crippen LogP contribution in [0.2, 0.25) is 5.02 Å². The second kappa shape index (κ2) is 6.63. The van der Waals surface area contributed by atoms with Gasteiger partial charge in [-0.2, -0.15) is 0 Å². The fraction of sp³-hybridized carbons (Fsp3) is 0.0625. The van der Waals surface area contributed by atoms with Crippen molar-refractivity contribution in [3.8, 4) is 11.8 Å². The molecule has 2 rings (SSSR count). The molecule has 0 radical (unpaired) electrons. The molecular weight excluding hydrogens is 258 g/mol. The Morgan fingerprint density at radius 2 is 1.89 bits per heavy atom. The van der Waals surface area contributed by atoms with E-state index in [1.807, 2.05) is 30.3 Å². The quantitative estimate of drug-likeness (QED) is 0.834. The van der Waals surface area contributed by atoms with Crippen LogP contribution in [0.5, 0.6) is 0 Å². The number of halogens is 1. The first kappa shape index (κ1) is 13.2. The van der Waals surface area contributed by atoms with Crippen molar-refractivity contribution < 1.29 is 4.79 Å². The molecule has 1 amide bonds. The number of nitrogens with one attached hydrogen (secondary N) is 1. The van der Waals surface area contributed by atoms with Gasteiger partial charge in [0.25, 0.3) is 5.91 Å². The van der Waals surface area contributed by atoms with Crippen LogP contribution in [0.15, 0.2) is 54.6 Å². The van der Waals surface area contributed by atoms with Crippen molar-refractivity contribution in [2.75, 3.05) is 6.54 Å². The number of benzene rings is 2. The summed E-state index contributed by atoms with van der Waals surface area (Å²) in [5, 5.41) is 3.27. The van der Waals surface area contributed by atoms with E-state index in [9.17, 15) is 4.79 Å². The molecule has 2 aromatic rings. The SMILES string of the molecule is O=C(NCC#Cc1ccccc1)c1cccc(Cl)c1. The van der Waals surface area contributed by atoms with E-state index in [-0.39, 0.29) is 5.91 Å². The van der Waals surface area contributed by atoms with E-state index in [2.05, 4.69) is 17.2 Å². The molecule has 0 fully saturated rings. The van der Waals surface area contributed by atoms with E-state index < -0.39 is 0 Å². The average molecular weight is 270 g/mol. The topological polar surface area (TPSA) is 29.1 Å². The van der Waals surface area contributed by atoms with E-state index >= 15 is 0 Å².